The average Bonchev–Trinajstić information content (AvgIpc) is 2.94. The third-order valence-corrected chi connectivity index (χ3v) is 8.67. The lowest BCUT2D eigenvalue weighted by molar-refractivity contribution is 0.534. The van der Waals surface area contributed by atoms with Crippen molar-refractivity contribution in [2.24, 2.45) is 0 Å². The molecule has 41 heavy (non-hydrogen) atoms. The van der Waals surface area contributed by atoms with Crippen LogP contribution in [-0.2, 0) is 12.8 Å². The van der Waals surface area contributed by atoms with Crippen molar-refractivity contribution in [2.75, 3.05) is 16.0 Å². The Bertz CT molecular complexity index is 1440. The van der Waals surface area contributed by atoms with Crippen molar-refractivity contribution in [3.8, 4) is 0 Å². The Hall–Kier alpha value is -3.43. The smallest absolute Gasteiger partial charge is 0.0623 e. The quantitative estimate of drug-likeness (QED) is 0.189. The minimum atomic E-state index is 0.218. The molecular formula is C37H44ClN3. The van der Waals surface area contributed by atoms with Crippen molar-refractivity contribution in [1.82, 2.24) is 0 Å². The fraction of sp³-hybridized carbons (Fsp3) is 0.351. The molecule has 1 aliphatic rings. The van der Waals surface area contributed by atoms with E-state index in [0.29, 0.717) is 11.8 Å². The van der Waals surface area contributed by atoms with Gasteiger partial charge in [-0.3, -0.25) is 0 Å². The summed E-state index contributed by atoms with van der Waals surface area (Å²) in [5, 5.41) is 12.7. The zero-order valence-corrected chi connectivity index (χ0v) is 26.1. The van der Waals surface area contributed by atoms with Crippen LogP contribution in [0, 0.1) is 13.8 Å². The molecule has 1 heterocycles. The molecule has 0 spiro atoms. The van der Waals surface area contributed by atoms with E-state index in [1.165, 1.54) is 33.6 Å². The first-order chi connectivity index (χ1) is 19.7. The van der Waals surface area contributed by atoms with Gasteiger partial charge in [-0.05, 0) is 96.5 Å². The Kier molecular flexibility index (Phi) is 8.94. The Morgan fingerprint density at radius 2 is 1.44 bits per heavy atom. The van der Waals surface area contributed by atoms with Crippen LogP contribution >= 0.6 is 11.6 Å². The van der Waals surface area contributed by atoms with Gasteiger partial charge in [0.15, 0.2) is 0 Å². The summed E-state index contributed by atoms with van der Waals surface area (Å²) in [5.74, 6) is 0.880. The third-order valence-electron chi connectivity index (χ3n) is 8.45. The van der Waals surface area contributed by atoms with Gasteiger partial charge in [-0.15, -0.1) is 0 Å². The molecule has 214 valence electrons. The molecule has 0 amide bonds. The molecule has 0 saturated heterocycles. The molecule has 1 aliphatic heterocycles. The van der Waals surface area contributed by atoms with E-state index >= 15 is 0 Å². The fourth-order valence-electron chi connectivity index (χ4n) is 6.26. The van der Waals surface area contributed by atoms with Gasteiger partial charge in [0, 0.05) is 22.4 Å². The number of nitrogens with one attached hydrogen (secondary N) is 3. The molecule has 4 aromatic rings. The Balaban J connectivity index is 1.51. The zero-order valence-electron chi connectivity index (χ0n) is 25.3. The lowest BCUT2D eigenvalue weighted by Crippen LogP contribution is -2.43. The number of para-hydroxylation sites is 2. The predicted octanol–water partition coefficient (Wildman–Crippen LogP) is 10.4. The molecule has 0 radical (unpaired) electrons. The Morgan fingerprint density at radius 1 is 0.805 bits per heavy atom. The molecule has 0 fully saturated rings. The summed E-state index contributed by atoms with van der Waals surface area (Å²) < 4.78 is 0. The highest BCUT2D eigenvalue weighted by Crippen LogP contribution is 2.39. The van der Waals surface area contributed by atoms with E-state index < -0.39 is 0 Å². The lowest BCUT2D eigenvalue weighted by atomic mass is 9.87. The molecule has 4 aromatic carbocycles. The molecular weight excluding hydrogens is 522 g/mol. The SMILES string of the molecule is Cc1cc(Cl)cc(C)c1Nc1cccc2c1NC(C(Cc1ccccc1)Nc1c(C(C)C)cccc1C(C)C)CC2. The minimum absolute atomic E-state index is 0.218. The molecule has 4 heteroatoms. The maximum absolute atomic E-state index is 6.34. The standard InChI is InChI=1S/C37H44ClN3/c1-23(2)30-15-11-16-31(24(3)4)37(30)41-34(22-27-12-8-7-9-13-27)32-19-18-28-14-10-17-33(36(28)39-32)40-35-25(5)20-29(38)21-26(35)6/h7-17,20-21,23-24,32,34,39-41H,18-19,22H2,1-6H3. The van der Waals surface area contributed by atoms with Crippen molar-refractivity contribution in [3.05, 3.63) is 117 Å². The van der Waals surface area contributed by atoms with Gasteiger partial charge in [0.2, 0.25) is 0 Å². The van der Waals surface area contributed by atoms with Gasteiger partial charge in [0.05, 0.1) is 17.4 Å². The monoisotopic (exact) mass is 565 g/mol. The normalized spacial score (nSPS) is 15.4. The van der Waals surface area contributed by atoms with Crippen molar-refractivity contribution < 1.29 is 0 Å². The van der Waals surface area contributed by atoms with Gasteiger partial charge in [0.1, 0.15) is 0 Å². The minimum Gasteiger partial charge on any atom is -0.379 e. The molecule has 0 aromatic heterocycles. The zero-order chi connectivity index (χ0) is 29.1. The number of benzene rings is 4. The first-order valence-corrected chi connectivity index (χ1v) is 15.4. The maximum Gasteiger partial charge on any atom is 0.0623 e. The third kappa shape index (κ3) is 6.57. The van der Waals surface area contributed by atoms with Crippen molar-refractivity contribution >= 4 is 34.4 Å². The summed E-state index contributed by atoms with van der Waals surface area (Å²) in [7, 11) is 0. The number of rotatable bonds is 9. The number of hydrogen-bond donors (Lipinski definition) is 3. The Labute approximate surface area is 251 Å². The molecule has 3 N–H and O–H groups in total. The van der Waals surface area contributed by atoms with Crippen LogP contribution in [0.2, 0.25) is 5.02 Å². The molecule has 0 aliphatic carbocycles. The van der Waals surface area contributed by atoms with Crippen LogP contribution in [0.1, 0.15) is 79.3 Å². The van der Waals surface area contributed by atoms with E-state index in [4.69, 9.17) is 11.6 Å². The highest BCUT2D eigenvalue weighted by Gasteiger charge is 2.29. The van der Waals surface area contributed by atoms with Crippen LogP contribution in [0.4, 0.5) is 22.7 Å². The van der Waals surface area contributed by atoms with Gasteiger partial charge >= 0.3 is 0 Å². The second kappa shape index (κ2) is 12.6. The van der Waals surface area contributed by atoms with Crippen LogP contribution in [0.25, 0.3) is 0 Å². The van der Waals surface area contributed by atoms with E-state index in [2.05, 4.69) is 124 Å². The maximum atomic E-state index is 6.34. The van der Waals surface area contributed by atoms with E-state index in [-0.39, 0.29) is 12.1 Å². The van der Waals surface area contributed by atoms with Crippen LogP contribution in [0.5, 0.6) is 0 Å². The first-order valence-electron chi connectivity index (χ1n) is 15.1. The number of anilines is 4. The summed E-state index contributed by atoms with van der Waals surface area (Å²) in [6, 6.07) is 28.9. The van der Waals surface area contributed by atoms with Crippen LogP contribution < -0.4 is 16.0 Å². The van der Waals surface area contributed by atoms with Gasteiger partial charge in [-0.25, -0.2) is 0 Å². The highest BCUT2D eigenvalue weighted by molar-refractivity contribution is 6.30. The number of halogens is 1. The fourth-order valence-corrected chi connectivity index (χ4v) is 6.59. The van der Waals surface area contributed by atoms with E-state index in [0.717, 1.165) is 46.8 Å². The second-order valence-corrected chi connectivity index (χ2v) is 12.7. The van der Waals surface area contributed by atoms with Crippen molar-refractivity contribution in [2.45, 2.75) is 84.7 Å². The van der Waals surface area contributed by atoms with E-state index in [9.17, 15) is 0 Å². The van der Waals surface area contributed by atoms with Gasteiger partial charge in [0.25, 0.3) is 0 Å². The highest BCUT2D eigenvalue weighted by atomic mass is 35.5. The van der Waals surface area contributed by atoms with Crippen molar-refractivity contribution in [1.29, 1.82) is 0 Å². The van der Waals surface area contributed by atoms with Crippen LogP contribution in [0.15, 0.2) is 78.9 Å². The first kappa shape index (κ1) is 29.1. The topological polar surface area (TPSA) is 36.1 Å². The molecule has 2 atom stereocenters. The average molecular weight is 566 g/mol. The Morgan fingerprint density at radius 3 is 2.07 bits per heavy atom. The summed E-state index contributed by atoms with van der Waals surface area (Å²) in [5.41, 5.74) is 12.5. The summed E-state index contributed by atoms with van der Waals surface area (Å²) in [6.45, 7) is 13.4. The van der Waals surface area contributed by atoms with Crippen molar-refractivity contribution in [3.63, 3.8) is 0 Å². The molecule has 0 bridgehead atoms. The number of hydrogen-bond acceptors (Lipinski definition) is 3. The molecule has 0 saturated carbocycles. The lowest BCUT2D eigenvalue weighted by Gasteiger charge is -2.37. The van der Waals surface area contributed by atoms with Gasteiger partial charge < -0.3 is 16.0 Å². The second-order valence-electron chi connectivity index (χ2n) is 12.2. The largest absolute Gasteiger partial charge is 0.379 e. The van der Waals surface area contributed by atoms with Gasteiger partial charge in [-0.2, -0.15) is 0 Å². The molecule has 3 nitrogen and oxygen atoms in total. The molecule has 5 rings (SSSR count). The van der Waals surface area contributed by atoms with E-state index in [1.54, 1.807) is 0 Å². The summed E-state index contributed by atoms with van der Waals surface area (Å²) in [4.78, 5) is 0. The van der Waals surface area contributed by atoms with Crippen LogP contribution in [-0.4, -0.2) is 12.1 Å². The number of aryl methyl sites for hydroxylation is 3. The van der Waals surface area contributed by atoms with Gasteiger partial charge in [-0.1, -0.05) is 100.0 Å². The van der Waals surface area contributed by atoms with Crippen LogP contribution in [0.3, 0.4) is 0 Å². The summed E-state index contributed by atoms with van der Waals surface area (Å²) in [6.07, 6.45) is 3.06. The predicted molar refractivity (Wildman–Crippen MR) is 179 cm³/mol. The number of fused-ring (bicyclic) bond motifs is 1. The molecule has 2 unspecified atom stereocenters. The summed E-state index contributed by atoms with van der Waals surface area (Å²) >= 11 is 6.34. The van der Waals surface area contributed by atoms with E-state index in [1.807, 2.05) is 12.1 Å².